The first-order chi connectivity index (χ1) is 16.3. The Hall–Kier alpha value is -3.98. The normalized spacial score (nSPS) is 11.9. The summed E-state index contributed by atoms with van der Waals surface area (Å²) in [6, 6.07) is 13.9. The molecule has 0 unspecified atom stereocenters. The molecule has 172 valence electrons. The summed E-state index contributed by atoms with van der Waals surface area (Å²) in [5.74, 6) is 0.315. The SMILES string of the molecule is Cc1ncc2c(CNC(=O)c3cc(S(=O)(=O)c4ccc5[nH]ccc5c4)c(C)n3C)cccc2n1. The van der Waals surface area contributed by atoms with Crippen molar-refractivity contribution in [2.75, 3.05) is 0 Å². The molecule has 34 heavy (non-hydrogen) atoms. The highest BCUT2D eigenvalue weighted by molar-refractivity contribution is 7.91. The molecule has 0 saturated heterocycles. The van der Waals surface area contributed by atoms with Gasteiger partial charge in [0.2, 0.25) is 9.84 Å². The summed E-state index contributed by atoms with van der Waals surface area (Å²) in [4.78, 5) is 25.1. The number of amides is 1. The lowest BCUT2D eigenvalue weighted by Crippen LogP contribution is -2.25. The highest BCUT2D eigenvalue weighted by Gasteiger charge is 2.26. The number of rotatable bonds is 5. The van der Waals surface area contributed by atoms with Gasteiger partial charge in [-0.2, -0.15) is 0 Å². The van der Waals surface area contributed by atoms with E-state index in [4.69, 9.17) is 0 Å². The number of aromatic amines is 1. The summed E-state index contributed by atoms with van der Waals surface area (Å²) in [6.45, 7) is 3.79. The minimum atomic E-state index is -3.81. The number of benzene rings is 2. The lowest BCUT2D eigenvalue weighted by atomic mass is 10.1. The molecule has 0 aliphatic rings. The molecule has 0 spiro atoms. The molecule has 0 aliphatic heterocycles. The molecular formula is C25H23N5O3S. The molecule has 9 heteroatoms. The van der Waals surface area contributed by atoms with Crippen LogP contribution in [0.25, 0.3) is 21.8 Å². The summed E-state index contributed by atoms with van der Waals surface area (Å²) in [5, 5.41) is 4.57. The number of fused-ring (bicyclic) bond motifs is 2. The average molecular weight is 474 g/mol. The van der Waals surface area contributed by atoms with Gasteiger partial charge in [0, 0.05) is 48.0 Å². The van der Waals surface area contributed by atoms with Crippen LogP contribution in [0, 0.1) is 13.8 Å². The first-order valence-electron chi connectivity index (χ1n) is 10.7. The number of aryl methyl sites for hydroxylation is 1. The van der Waals surface area contributed by atoms with E-state index in [9.17, 15) is 13.2 Å². The largest absolute Gasteiger partial charge is 0.361 e. The lowest BCUT2D eigenvalue weighted by Gasteiger charge is -2.09. The fraction of sp³-hybridized carbons (Fsp3) is 0.160. The Morgan fingerprint density at radius 3 is 2.76 bits per heavy atom. The van der Waals surface area contributed by atoms with Crippen LogP contribution < -0.4 is 5.32 Å². The van der Waals surface area contributed by atoms with E-state index in [1.807, 2.05) is 31.2 Å². The first kappa shape index (κ1) is 21.8. The van der Waals surface area contributed by atoms with Crippen molar-refractivity contribution in [3.63, 3.8) is 0 Å². The van der Waals surface area contributed by atoms with Crippen molar-refractivity contribution >= 4 is 37.6 Å². The second kappa shape index (κ2) is 8.11. The van der Waals surface area contributed by atoms with Gasteiger partial charge in [-0.1, -0.05) is 12.1 Å². The molecule has 0 atom stereocenters. The highest BCUT2D eigenvalue weighted by Crippen LogP contribution is 2.28. The summed E-state index contributed by atoms with van der Waals surface area (Å²) in [6.07, 6.45) is 3.51. The van der Waals surface area contributed by atoms with Crippen molar-refractivity contribution in [1.82, 2.24) is 24.8 Å². The van der Waals surface area contributed by atoms with Crippen LogP contribution >= 0.6 is 0 Å². The number of nitrogens with one attached hydrogen (secondary N) is 2. The number of aromatic nitrogens is 4. The molecule has 3 heterocycles. The van der Waals surface area contributed by atoms with Gasteiger partial charge < -0.3 is 14.9 Å². The van der Waals surface area contributed by atoms with Gasteiger partial charge in [-0.3, -0.25) is 4.79 Å². The van der Waals surface area contributed by atoms with Crippen LogP contribution in [0.15, 0.2) is 70.7 Å². The van der Waals surface area contributed by atoms with Gasteiger partial charge in [-0.25, -0.2) is 18.4 Å². The van der Waals surface area contributed by atoms with Gasteiger partial charge >= 0.3 is 0 Å². The van der Waals surface area contributed by atoms with Crippen LogP contribution in [-0.2, 0) is 23.4 Å². The molecule has 5 aromatic rings. The third kappa shape index (κ3) is 3.63. The van der Waals surface area contributed by atoms with E-state index in [0.717, 1.165) is 27.4 Å². The number of hydrogen-bond donors (Lipinski definition) is 2. The Bertz CT molecular complexity index is 1680. The minimum Gasteiger partial charge on any atom is -0.361 e. The summed E-state index contributed by atoms with van der Waals surface area (Å²) < 4.78 is 28.4. The summed E-state index contributed by atoms with van der Waals surface area (Å²) in [7, 11) is -2.12. The summed E-state index contributed by atoms with van der Waals surface area (Å²) in [5.41, 5.74) is 3.31. The Kier molecular flexibility index (Phi) is 5.21. The van der Waals surface area contributed by atoms with Crippen LogP contribution in [0.2, 0.25) is 0 Å². The van der Waals surface area contributed by atoms with Crippen LogP contribution in [-0.4, -0.2) is 33.8 Å². The molecule has 2 N–H and O–H groups in total. The van der Waals surface area contributed by atoms with E-state index in [1.54, 1.807) is 49.1 Å². The van der Waals surface area contributed by atoms with Gasteiger partial charge in [-0.05, 0) is 55.8 Å². The zero-order valence-electron chi connectivity index (χ0n) is 19.0. The maximum Gasteiger partial charge on any atom is 0.268 e. The maximum absolute atomic E-state index is 13.4. The Labute approximate surface area is 196 Å². The number of carbonyl (C=O) groups is 1. The fourth-order valence-corrected chi connectivity index (χ4v) is 5.69. The highest BCUT2D eigenvalue weighted by atomic mass is 32.2. The molecule has 3 aromatic heterocycles. The third-order valence-electron chi connectivity index (χ3n) is 6.12. The summed E-state index contributed by atoms with van der Waals surface area (Å²) >= 11 is 0. The molecule has 8 nitrogen and oxygen atoms in total. The van der Waals surface area contributed by atoms with Gasteiger partial charge in [0.05, 0.1) is 15.3 Å². The van der Waals surface area contributed by atoms with Gasteiger partial charge in [0.25, 0.3) is 5.91 Å². The molecule has 0 saturated carbocycles. The van der Waals surface area contributed by atoms with E-state index >= 15 is 0 Å². The van der Waals surface area contributed by atoms with Gasteiger partial charge in [0.1, 0.15) is 11.5 Å². The zero-order valence-corrected chi connectivity index (χ0v) is 19.8. The van der Waals surface area contributed by atoms with E-state index in [0.29, 0.717) is 11.5 Å². The standard InChI is InChI=1S/C25H23N5O3S/c1-15-24(34(32,33)19-7-8-21-17(11-19)9-10-26-21)12-23(30(15)3)25(31)28-13-18-5-4-6-22-20(18)14-27-16(2)29-22/h4-12,14,26H,13H2,1-3H3,(H,28,31). The molecule has 5 rings (SSSR count). The predicted octanol–water partition coefficient (Wildman–Crippen LogP) is 3.83. The zero-order chi connectivity index (χ0) is 24.0. The van der Waals surface area contributed by atoms with Crippen LogP contribution in [0.4, 0.5) is 0 Å². The Morgan fingerprint density at radius 1 is 1.12 bits per heavy atom. The maximum atomic E-state index is 13.4. The Morgan fingerprint density at radius 2 is 1.94 bits per heavy atom. The number of carbonyl (C=O) groups excluding carboxylic acids is 1. The average Bonchev–Trinajstić information content (AvgIpc) is 3.41. The van der Waals surface area contributed by atoms with Crippen molar-refractivity contribution < 1.29 is 13.2 Å². The third-order valence-corrected chi connectivity index (χ3v) is 7.99. The number of H-pyrrole nitrogens is 1. The predicted molar refractivity (Wildman–Crippen MR) is 129 cm³/mol. The molecular weight excluding hydrogens is 450 g/mol. The van der Waals surface area contributed by atoms with Crippen LogP contribution in [0.5, 0.6) is 0 Å². The second-order valence-corrected chi connectivity index (χ2v) is 10.1. The quantitative estimate of drug-likeness (QED) is 0.403. The van der Waals surface area contributed by atoms with Gasteiger partial charge in [-0.15, -0.1) is 0 Å². The van der Waals surface area contributed by atoms with Crippen molar-refractivity contribution in [1.29, 1.82) is 0 Å². The fourth-order valence-electron chi connectivity index (χ4n) is 4.11. The smallest absolute Gasteiger partial charge is 0.268 e. The second-order valence-electron chi connectivity index (χ2n) is 8.22. The molecule has 0 bridgehead atoms. The molecule has 0 radical (unpaired) electrons. The molecule has 0 fully saturated rings. The molecule has 1 amide bonds. The van der Waals surface area contributed by atoms with Crippen LogP contribution in [0.3, 0.4) is 0 Å². The number of nitrogens with zero attached hydrogens (tertiary/aromatic N) is 3. The van der Waals surface area contributed by atoms with E-state index in [1.165, 1.54) is 6.07 Å². The van der Waals surface area contributed by atoms with Crippen LogP contribution in [0.1, 0.15) is 27.6 Å². The van der Waals surface area contributed by atoms with Crippen molar-refractivity contribution in [3.8, 4) is 0 Å². The van der Waals surface area contributed by atoms with E-state index in [-0.39, 0.29) is 27.9 Å². The lowest BCUT2D eigenvalue weighted by molar-refractivity contribution is 0.0942. The first-order valence-corrected chi connectivity index (χ1v) is 12.2. The van der Waals surface area contributed by atoms with E-state index < -0.39 is 9.84 Å². The molecule has 0 aliphatic carbocycles. The topological polar surface area (TPSA) is 110 Å². The number of sulfone groups is 1. The minimum absolute atomic E-state index is 0.115. The van der Waals surface area contributed by atoms with Gasteiger partial charge in [0.15, 0.2) is 0 Å². The van der Waals surface area contributed by atoms with E-state index in [2.05, 4.69) is 20.3 Å². The molecule has 2 aromatic carbocycles. The van der Waals surface area contributed by atoms with Crippen molar-refractivity contribution in [2.45, 2.75) is 30.2 Å². The van der Waals surface area contributed by atoms with Crippen molar-refractivity contribution in [3.05, 3.63) is 83.7 Å². The monoisotopic (exact) mass is 473 g/mol. The Balaban J connectivity index is 1.44. The number of hydrogen-bond acceptors (Lipinski definition) is 5. The van der Waals surface area contributed by atoms with Crippen molar-refractivity contribution in [2.24, 2.45) is 7.05 Å².